The summed E-state index contributed by atoms with van der Waals surface area (Å²) in [5, 5.41) is 13.5. The van der Waals surface area contributed by atoms with Gasteiger partial charge in [-0.25, -0.2) is 9.48 Å². The number of amides is 3. The molecule has 1 aromatic heterocycles. The van der Waals surface area contributed by atoms with E-state index in [0.29, 0.717) is 47.1 Å². The van der Waals surface area contributed by atoms with Crippen molar-refractivity contribution in [1.29, 1.82) is 0 Å². The summed E-state index contributed by atoms with van der Waals surface area (Å²) in [6.07, 6.45) is 13.1. The minimum absolute atomic E-state index is 0.146. The fraction of sp³-hybridized carbons (Fsp3) is 0.657. The first-order valence-electron chi connectivity index (χ1n) is 16.9. The topological polar surface area (TPSA) is 124 Å². The Hall–Kier alpha value is -3.56. The zero-order valence-electron chi connectivity index (χ0n) is 27.4. The number of rotatable bonds is 10. The standard InChI is InChI=1S/C35H51N5O5/c1-23-18-25-12-8-13-26(19-25)30(23)39-32(42)29-21-38-40(33(29)44-22-24-10-6-5-7-11-24)28-15-9-14-27(20-28)31(41)36-16-17-37-34(43)45-35(2,3)4/h9,14-15,20-21,23-26,30H,5-8,10-13,16-19,22H2,1-4H3,(H,36,41)(H,37,43)(H,39,42). The van der Waals surface area contributed by atoms with Gasteiger partial charge in [-0.15, -0.1) is 0 Å². The van der Waals surface area contributed by atoms with Crippen LogP contribution in [0.25, 0.3) is 5.69 Å². The number of hydrogen-bond donors (Lipinski definition) is 3. The summed E-state index contributed by atoms with van der Waals surface area (Å²) in [6.45, 7) is 8.66. The molecule has 3 fully saturated rings. The zero-order chi connectivity index (χ0) is 32.0. The molecule has 45 heavy (non-hydrogen) atoms. The van der Waals surface area contributed by atoms with Gasteiger partial charge in [0.15, 0.2) is 0 Å². The Morgan fingerprint density at radius 3 is 2.51 bits per heavy atom. The maximum absolute atomic E-state index is 13.8. The number of aromatic nitrogens is 2. The smallest absolute Gasteiger partial charge is 0.407 e. The van der Waals surface area contributed by atoms with E-state index in [1.807, 2.05) is 6.07 Å². The Morgan fingerprint density at radius 1 is 0.956 bits per heavy atom. The summed E-state index contributed by atoms with van der Waals surface area (Å²) < 4.78 is 13.3. The van der Waals surface area contributed by atoms with Gasteiger partial charge in [0, 0.05) is 24.7 Å². The van der Waals surface area contributed by atoms with Gasteiger partial charge in [-0.05, 0) is 94.7 Å². The molecule has 1 aromatic carbocycles. The lowest BCUT2D eigenvalue weighted by Gasteiger charge is -2.44. The van der Waals surface area contributed by atoms with Gasteiger partial charge in [0.1, 0.15) is 11.2 Å². The molecule has 3 amide bonds. The molecule has 0 radical (unpaired) electrons. The van der Waals surface area contributed by atoms with Crippen molar-refractivity contribution in [3.8, 4) is 11.6 Å². The highest BCUT2D eigenvalue weighted by Crippen LogP contribution is 2.42. The molecule has 3 N–H and O–H groups in total. The predicted octanol–water partition coefficient (Wildman–Crippen LogP) is 6.03. The molecule has 3 aliphatic rings. The van der Waals surface area contributed by atoms with Gasteiger partial charge in [0.25, 0.3) is 11.8 Å². The largest absolute Gasteiger partial charge is 0.477 e. The van der Waals surface area contributed by atoms with Crippen molar-refractivity contribution >= 4 is 17.9 Å². The fourth-order valence-corrected chi connectivity index (χ4v) is 7.40. The monoisotopic (exact) mass is 621 g/mol. The third-order valence-electron chi connectivity index (χ3n) is 9.53. The number of benzene rings is 1. The van der Waals surface area contributed by atoms with Crippen LogP contribution in [0.15, 0.2) is 30.5 Å². The Bertz CT molecular complexity index is 1330. The van der Waals surface area contributed by atoms with E-state index >= 15 is 0 Å². The molecule has 0 aliphatic heterocycles. The second-order valence-electron chi connectivity index (χ2n) is 14.3. The van der Waals surface area contributed by atoms with E-state index in [1.54, 1.807) is 49.8 Å². The minimum atomic E-state index is -0.590. The minimum Gasteiger partial charge on any atom is -0.477 e. The third kappa shape index (κ3) is 8.79. The van der Waals surface area contributed by atoms with Crippen LogP contribution in [0.3, 0.4) is 0 Å². The van der Waals surface area contributed by atoms with Gasteiger partial charge in [0.2, 0.25) is 5.88 Å². The molecule has 4 atom stereocenters. The quantitative estimate of drug-likeness (QED) is 0.279. The molecule has 1 heterocycles. The molecule has 0 saturated heterocycles. The van der Waals surface area contributed by atoms with Crippen LogP contribution in [-0.4, -0.2) is 59.0 Å². The predicted molar refractivity (Wildman–Crippen MR) is 173 cm³/mol. The van der Waals surface area contributed by atoms with Crippen LogP contribution in [0, 0.1) is 23.7 Å². The Kier molecular flexibility index (Phi) is 10.7. The van der Waals surface area contributed by atoms with Gasteiger partial charge >= 0.3 is 6.09 Å². The summed E-state index contributed by atoms with van der Waals surface area (Å²) in [6, 6.07) is 7.26. The van der Waals surface area contributed by atoms with Gasteiger partial charge in [-0.2, -0.15) is 5.10 Å². The lowest BCUT2D eigenvalue weighted by atomic mass is 9.65. The molecule has 3 aliphatic carbocycles. The summed E-state index contributed by atoms with van der Waals surface area (Å²) in [5.41, 5.74) is 0.910. The van der Waals surface area contributed by atoms with Crippen molar-refractivity contribution in [3.05, 3.63) is 41.6 Å². The lowest BCUT2D eigenvalue weighted by molar-refractivity contribution is 0.0526. The first-order chi connectivity index (χ1) is 21.6. The molecular formula is C35H51N5O5. The number of carbonyl (C=O) groups is 3. The van der Waals surface area contributed by atoms with Crippen molar-refractivity contribution in [2.24, 2.45) is 23.7 Å². The van der Waals surface area contributed by atoms with E-state index in [0.717, 1.165) is 25.2 Å². The van der Waals surface area contributed by atoms with Gasteiger partial charge in [0.05, 0.1) is 18.5 Å². The molecule has 0 spiro atoms. The highest BCUT2D eigenvalue weighted by molar-refractivity contribution is 5.97. The highest BCUT2D eigenvalue weighted by atomic mass is 16.6. The van der Waals surface area contributed by atoms with Crippen molar-refractivity contribution in [3.63, 3.8) is 0 Å². The van der Waals surface area contributed by atoms with Crippen LogP contribution in [-0.2, 0) is 4.74 Å². The van der Waals surface area contributed by atoms with Crippen LogP contribution in [0.1, 0.15) is 113 Å². The molecule has 246 valence electrons. The van der Waals surface area contributed by atoms with E-state index in [9.17, 15) is 14.4 Å². The van der Waals surface area contributed by atoms with Crippen LogP contribution < -0.4 is 20.7 Å². The average Bonchev–Trinajstić information content (AvgIpc) is 3.44. The normalized spacial score (nSPS) is 23.6. The average molecular weight is 622 g/mol. The fourth-order valence-electron chi connectivity index (χ4n) is 7.40. The molecular weight excluding hydrogens is 570 g/mol. The van der Waals surface area contributed by atoms with Crippen molar-refractivity contribution in [2.45, 2.75) is 104 Å². The van der Waals surface area contributed by atoms with E-state index in [4.69, 9.17) is 9.47 Å². The number of hydrogen-bond acceptors (Lipinski definition) is 6. The van der Waals surface area contributed by atoms with Gasteiger partial charge in [-0.3, -0.25) is 9.59 Å². The Morgan fingerprint density at radius 2 is 1.73 bits per heavy atom. The molecule has 4 unspecified atom stereocenters. The summed E-state index contributed by atoms with van der Waals surface area (Å²) >= 11 is 0. The number of nitrogens with zero attached hydrogens (tertiary/aromatic N) is 2. The number of nitrogens with one attached hydrogen (secondary N) is 3. The van der Waals surface area contributed by atoms with Crippen LogP contribution in [0.4, 0.5) is 4.79 Å². The molecule has 5 rings (SSSR count). The van der Waals surface area contributed by atoms with Crippen LogP contribution >= 0.6 is 0 Å². The summed E-state index contributed by atoms with van der Waals surface area (Å²) in [5.74, 6) is 2.18. The van der Waals surface area contributed by atoms with Crippen molar-refractivity contribution < 1.29 is 23.9 Å². The first kappa shape index (κ1) is 32.8. The van der Waals surface area contributed by atoms with Crippen molar-refractivity contribution in [1.82, 2.24) is 25.7 Å². The van der Waals surface area contributed by atoms with Crippen LogP contribution in [0.2, 0.25) is 0 Å². The highest BCUT2D eigenvalue weighted by Gasteiger charge is 2.39. The molecule has 3 saturated carbocycles. The van der Waals surface area contributed by atoms with E-state index in [-0.39, 0.29) is 30.9 Å². The van der Waals surface area contributed by atoms with E-state index in [2.05, 4.69) is 28.0 Å². The molecule has 2 aromatic rings. The second-order valence-corrected chi connectivity index (χ2v) is 14.3. The second kappa shape index (κ2) is 14.7. The van der Waals surface area contributed by atoms with Crippen LogP contribution in [0.5, 0.6) is 5.88 Å². The maximum atomic E-state index is 13.8. The number of carbonyl (C=O) groups excluding carboxylic acids is 3. The van der Waals surface area contributed by atoms with Gasteiger partial charge in [-0.1, -0.05) is 45.1 Å². The first-order valence-corrected chi connectivity index (χ1v) is 16.9. The number of fused-ring (bicyclic) bond motifs is 2. The maximum Gasteiger partial charge on any atom is 0.407 e. The third-order valence-corrected chi connectivity index (χ3v) is 9.53. The lowest BCUT2D eigenvalue weighted by Crippen LogP contribution is -2.49. The Labute approximate surface area is 267 Å². The number of ether oxygens (including phenoxy) is 2. The summed E-state index contributed by atoms with van der Waals surface area (Å²) in [7, 11) is 0. The molecule has 10 heteroatoms. The van der Waals surface area contributed by atoms with Gasteiger partial charge < -0.3 is 25.4 Å². The number of alkyl carbamates (subject to hydrolysis) is 1. The molecule has 10 nitrogen and oxygen atoms in total. The van der Waals surface area contributed by atoms with E-state index < -0.39 is 11.7 Å². The SMILES string of the molecule is CC1CC2CCCC(C2)C1NC(=O)c1cnn(-c2cccc(C(=O)NCCNC(=O)OC(C)(C)C)c2)c1OCC1CCCCC1. The summed E-state index contributed by atoms with van der Waals surface area (Å²) in [4.78, 5) is 38.7. The zero-order valence-corrected chi connectivity index (χ0v) is 27.4. The Balaban J connectivity index is 1.29. The van der Waals surface area contributed by atoms with Crippen molar-refractivity contribution in [2.75, 3.05) is 19.7 Å². The van der Waals surface area contributed by atoms with E-state index in [1.165, 1.54) is 44.9 Å². The molecule has 2 bridgehead atoms.